The van der Waals surface area contributed by atoms with Gasteiger partial charge >= 0.3 is 0 Å². The van der Waals surface area contributed by atoms with E-state index >= 15 is 0 Å². The zero-order valence-electron chi connectivity index (χ0n) is 12.2. The molecule has 4 heteroatoms. The number of halogens is 1. The van der Waals surface area contributed by atoms with E-state index in [2.05, 4.69) is 5.32 Å². The molecule has 0 saturated heterocycles. The first kappa shape index (κ1) is 15.0. The minimum Gasteiger partial charge on any atom is -0.491 e. The lowest BCUT2D eigenvalue weighted by Gasteiger charge is -2.13. The van der Waals surface area contributed by atoms with Crippen LogP contribution in [-0.2, 0) is 0 Å². The zero-order chi connectivity index (χ0) is 15.2. The van der Waals surface area contributed by atoms with E-state index in [0.29, 0.717) is 23.6 Å². The molecule has 0 aliphatic rings. The van der Waals surface area contributed by atoms with E-state index in [-0.39, 0.29) is 11.7 Å². The molecule has 110 valence electrons. The van der Waals surface area contributed by atoms with E-state index in [4.69, 9.17) is 4.74 Å². The molecule has 0 atom stereocenters. The van der Waals surface area contributed by atoms with Crippen LogP contribution in [-0.4, -0.2) is 12.5 Å². The second-order valence-corrected chi connectivity index (χ2v) is 4.81. The number of aryl methyl sites for hydroxylation is 1. The molecule has 0 aromatic heterocycles. The van der Waals surface area contributed by atoms with Gasteiger partial charge in [0.05, 0.1) is 12.3 Å². The number of ether oxygens (including phenoxy) is 1. The molecular formula is C17H18FNO2. The van der Waals surface area contributed by atoms with Crippen molar-refractivity contribution in [3.63, 3.8) is 0 Å². The van der Waals surface area contributed by atoms with Crippen LogP contribution in [0.25, 0.3) is 0 Å². The fourth-order valence-electron chi connectivity index (χ4n) is 1.86. The smallest absolute Gasteiger partial charge is 0.255 e. The molecular weight excluding hydrogens is 269 g/mol. The number of carbonyl (C=O) groups excluding carboxylic acids is 1. The van der Waals surface area contributed by atoms with Gasteiger partial charge in [0.25, 0.3) is 5.91 Å². The topological polar surface area (TPSA) is 38.3 Å². The summed E-state index contributed by atoms with van der Waals surface area (Å²) in [4.78, 5) is 12.1. The van der Waals surface area contributed by atoms with Crippen molar-refractivity contribution >= 4 is 11.6 Å². The second kappa shape index (κ2) is 6.88. The molecule has 2 aromatic carbocycles. The molecule has 21 heavy (non-hydrogen) atoms. The summed E-state index contributed by atoms with van der Waals surface area (Å²) in [6.45, 7) is 4.57. The third-order valence-electron chi connectivity index (χ3n) is 2.95. The van der Waals surface area contributed by atoms with Crippen molar-refractivity contribution in [1.29, 1.82) is 0 Å². The third-order valence-corrected chi connectivity index (χ3v) is 2.95. The highest BCUT2D eigenvalue weighted by atomic mass is 19.1. The molecule has 3 nitrogen and oxygen atoms in total. The predicted molar refractivity (Wildman–Crippen MR) is 81.3 cm³/mol. The van der Waals surface area contributed by atoms with Gasteiger partial charge in [-0.3, -0.25) is 4.79 Å². The van der Waals surface area contributed by atoms with Crippen molar-refractivity contribution in [3.05, 3.63) is 59.4 Å². The molecule has 0 aliphatic carbocycles. The van der Waals surface area contributed by atoms with Gasteiger partial charge in [-0.2, -0.15) is 0 Å². The normalized spacial score (nSPS) is 10.2. The highest BCUT2D eigenvalue weighted by molar-refractivity contribution is 6.05. The third kappa shape index (κ3) is 4.05. The van der Waals surface area contributed by atoms with E-state index in [9.17, 15) is 9.18 Å². The molecule has 0 fully saturated rings. The number of rotatable bonds is 5. The van der Waals surface area contributed by atoms with Crippen LogP contribution in [0.15, 0.2) is 42.5 Å². The van der Waals surface area contributed by atoms with E-state index in [1.165, 1.54) is 24.3 Å². The first-order chi connectivity index (χ1) is 10.1. The molecule has 0 unspecified atom stereocenters. The first-order valence-electron chi connectivity index (χ1n) is 6.90. The van der Waals surface area contributed by atoms with Gasteiger partial charge in [0, 0.05) is 5.56 Å². The second-order valence-electron chi connectivity index (χ2n) is 4.81. The Labute approximate surface area is 123 Å². The van der Waals surface area contributed by atoms with Gasteiger partial charge in [0.2, 0.25) is 0 Å². The Bertz CT molecular complexity index is 623. The van der Waals surface area contributed by atoms with Gasteiger partial charge in [0.15, 0.2) is 0 Å². The Morgan fingerprint density at radius 3 is 2.57 bits per heavy atom. The SMILES string of the molecule is CCCOc1cc(C)ccc1NC(=O)c1ccc(F)cc1. The van der Waals surface area contributed by atoms with Crippen molar-refractivity contribution in [2.75, 3.05) is 11.9 Å². The van der Waals surface area contributed by atoms with Crippen LogP contribution in [0.5, 0.6) is 5.75 Å². The van der Waals surface area contributed by atoms with Gasteiger partial charge in [-0.25, -0.2) is 4.39 Å². The summed E-state index contributed by atoms with van der Waals surface area (Å²) in [7, 11) is 0. The highest BCUT2D eigenvalue weighted by Gasteiger charge is 2.10. The maximum absolute atomic E-state index is 12.9. The summed E-state index contributed by atoms with van der Waals surface area (Å²) in [5.41, 5.74) is 2.07. The highest BCUT2D eigenvalue weighted by Crippen LogP contribution is 2.26. The quantitative estimate of drug-likeness (QED) is 0.896. The van der Waals surface area contributed by atoms with Gasteiger partial charge in [-0.1, -0.05) is 13.0 Å². The van der Waals surface area contributed by atoms with Crippen LogP contribution in [0.3, 0.4) is 0 Å². The summed E-state index contributed by atoms with van der Waals surface area (Å²) in [5, 5.41) is 2.80. The number of nitrogens with one attached hydrogen (secondary N) is 1. The van der Waals surface area contributed by atoms with E-state index in [1.54, 1.807) is 0 Å². The molecule has 0 aliphatic heterocycles. The molecule has 0 saturated carbocycles. The molecule has 0 spiro atoms. The largest absolute Gasteiger partial charge is 0.491 e. The number of anilines is 1. The van der Waals surface area contributed by atoms with Gasteiger partial charge in [0.1, 0.15) is 11.6 Å². The average Bonchev–Trinajstić information content (AvgIpc) is 2.48. The molecule has 0 heterocycles. The Balaban J connectivity index is 2.18. The van der Waals surface area contributed by atoms with Gasteiger partial charge < -0.3 is 10.1 Å². The molecule has 0 radical (unpaired) electrons. The van der Waals surface area contributed by atoms with Crippen molar-refractivity contribution in [2.45, 2.75) is 20.3 Å². The fourth-order valence-corrected chi connectivity index (χ4v) is 1.86. The molecule has 2 aromatic rings. The van der Waals surface area contributed by atoms with Crippen molar-refractivity contribution < 1.29 is 13.9 Å². The Kier molecular flexibility index (Phi) is 4.93. The van der Waals surface area contributed by atoms with Crippen LogP contribution in [0.1, 0.15) is 29.3 Å². The lowest BCUT2D eigenvalue weighted by atomic mass is 10.1. The maximum Gasteiger partial charge on any atom is 0.255 e. The van der Waals surface area contributed by atoms with Crippen molar-refractivity contribution in [2.24, 2.45) is 0 Å². The number of hydrogen-bond donors (Lipinski definition) is 1. The lowest BCUT2D eigenvalue weighted by molar-refractivity contribution is 0.102. The van der Waals surface area contributed by atoms with Crippen LogP contribution < -0.4 is 10.1 Å². The first-order valence-corrected chi connectivity index (χ1v) is 6.90. The maximum atomic E-state index is 12.9. The Hall–Kier alpha value is -2.36. The van der Waals surface area contributed by atoms with Crippen LogP contribution >= 0.6 is 0 Å². The van der Waals surface area contributed by atoms with Gasteiger partial charge in [-0.05, 0) is 55.3 Å². The monoisotopic (exact) mass is 287 g/mol. The van der Waals surface area contributed by atoms with E-state index in [1.807, 2.05) is 32.0 Å². The Morgan fingerprint density at radius 1 is 1.19 bits per heavy atom. The summed E-state index contributed by atoms with van der Waals surface area (Å²) >= 11 is 0. The summed E-state index contributed by atoms with van der Waals surface area (Å²) in [5.74, 6) is -0.0126. The summed E-state index contributed by atoms with van der Waals surface area (Å²) < 4.78 is 18.5. The van der Waals surface area contributed by atoms with Crippen molar-refractivity contribution in [3.8, 4) is 5.75 Å². The minimum absolute atomic E-state index is 0.291. The summed E-state index contributed by atoms with van der Waals surface area (Å²) in [6, 6.07) is 11.0. The van der Waals surface area contributed by atoms with E-state index in [0.717, 1.165) is 12.0 Å². The van der Waals surface area contributed by atoms with Gasteiger partial charge in [-0.15, -0.1) is 0 Å². The lowest BCUT2D eigenvalue weighted by Crippen LogP contribution is -2.13. The minimum atomic E-state index is -0.367. The number of hydrogen-bond acceptors (Lipinski definition) is 2. The van der Waals surface area contributed by atoms with Crippen molar-refractivity contribution in [1.82, 2.24) is 0 Å². The molecule has 2 rings (SSSR count). The predicted octanol–water partition coefficient (Wildman–Crippen LogP) is 4.18. The standard InChI is InChI=1S/C17H18FNO2/c1-3-10-21-16-11-12(2)4-9-15(16)19-17(20)13-5-7-14(18)8-6-13/h4-9,11H,3,10H2,1-2H3,(H,19,20). The molecule has 1 amide bonds. The molecule has 1 N–H and O–H groups in total. The van der Waals surface area contributed by atoms with Crippen LogP contribution in [0.2, 0.25) is 0 Å². The number of carbonyl (C=O) groups is 1. The van der Waals surface area contributed by atoms with Crippen LogP contribution in [0.4, 0.5) is 10.1 Å². The number of amides is 1. The summed E-state index contributed by atoms with van der Waals surface area (Å²) in [6.07, 6.45) is 0.888. The average molecular weight is 287 g/mol. The number of benzene rings is 2. The van der Waals surface area contributed by atoms with Crippen LogP contribution in [0, 0.1) is 12.7 Å². The fraction of sp³-hybridized carbons (Fsp3) is 0.235. The van der Waals surface area contributed by atoms with E-state index < -0.39 is 0 Å². The zero-order valence-corrected chi connectivity index (χ0v) is 12.2. The molecule has 0 bridgehead atoms. The Morgan fingerprint density at radius 2 is 1.90 bits per heavy atom.